The molecule has 6 nitrogen and oxygen atoms in total. The number of hydrogen-bond acceptors (Lipinski definition) is 5. The highest BCUT2D eigenvalue weighted by molar-refractivity contribution is 5.48. The van der Waals surface area contributed by atoms with Gasteiger partial charge < -0.3 is 9.26 Å². The number of nitro groups is 1. The van der Waals surface area contributed by atoms with Crippen LogP contribution in [0.4, 0.5) is 5.69 Å². The molecule has 2 aromatic rings. The number of ether oxygens (including phenoxy) is 1. The Morgan fingerprint density at radius 2 is 2.11 bits per heavy atom. The second-order valence-electron chi connectivity index (χ2n) is 4.32. The van der Waals surface area contributed by atoms with E-state index in [1.165, 1.54) is 6.07 Å². The maximum absolute atomic E-state index is 11.0. The molecule has 0 amide bonds. The van der Waals surface area contributed by atoms with Gasteiger partial charge in [-0.1, -0.05) is 11.2 Å². The van der Waals surface area contributed by atoms with Crippen molar-refractivity contribution in [2.24, 2.45) is 0 Å². The Morgan fingerprint density at radius 1 is 1.37 bits per heavy atom. The quantitative estimate of drug-likeness (QED) is 0.625. The predicted molar refractivity (Wildman–Crippen MR) is 68.1 cm³/mol. The van der Waals surface area contributed by atoms with Crippen molar-refractivity contribution >= 4 is 5.69 Å². The van der Waals surface area contributed by atoms with Gasteiger partial charge in [-0.2, -0.15) is 0 Å². The Morgan fingerprint density at radius 3 is 2.68 bits per heavy atom. The van der Waals surface area contributed by atoms with Crippen molar-refractivity contribution in [2.75, 3.05) is 0 Å². The lowest BCUT2D eigenvalue weighted by Crippen LogP contribution is -2.01. The van der Waals surface area contributed by atoms with Crippen LogP contribution in [0.2, 0.25) is 0 Å². The Bertz CT molecular complexity index is 600. The Kier molecular flexibility index (Phi) is 3.50. The molecule has 0 atom stereocenters. The van der Waals surface area contributed by atoms with E-state index in [0.29, 0.717) is 5.76 Å². The molecule has 0 N–H and O–H groups in total. The molecule has 19 heavy (non-hydrogen) atoms. The van der Waals surface area contributed by atoms with E-state index in [1.807, 2.05) is 0 Å². The number of nitro benzene ring substituents is 1. The smallest absolute Gasteiger partial charge is 0.311 e. The molecule has 0 bridgehead atoms. The summed E-state index contributed by atoms with van der Waals surface area (Å²) in [6, 6.07) is 4.87. The molecular formula is C13H14N2O4. The minimum absolute atomic E-state index is 0.0354. The summed E-state index contributed by atoms with van der Waals surface area (Å²) in [4.78, 5) is 10.5. The highest BCUT2D eigenvalue weighted by Gasteiger charge is 2.17. The summed E-state index contributed by atoms with van der Waals surface area (Å²) in [6.45, 7) is 5.58. The van der Waals surface area contributed by atoms with Crippen LogP contribution < -0.4 is 4.74 Å². The molecule has 0 radical (unpaired) electrons. The van der Waals surface area contributed by atoms with Crippen LogP contribution in [-0.2, 0) is 6.61 Å². The average Bonchev–Trinajstić information content (AvgIpc) is 2.68. The molecule has 1 aromatic carbocycles. The lowest BCUT2D eigenvalue weighted by atomic mass is 10.2. The number of aromatic nitrogens is 1. The number of rotatable bonds is 4. The van der Waals surface area contributed by atoms with Crippen molar-refractivity contribution in [2.45, 2.75) is 27.4 Å². The van der Waals surface area contributed by atoms with Gasteiger partial charge in [-0.15, -0.1) is 0 Å². The Hall–Kier alpha value is -2.37. The Labute approximate surface area is 110 Å². The van der Waals surface area contributed by atoms with Gasteiger partial charge in [-0.3, -0.25) is 10.1 Å². The van der Waals surface area contributed by atoms with Crippen LogP contribution in [0.15, 0.2) is 22.7 Å². The summed E-state index contributed by atoms with van der Waals surface area (Å²) < 4.78 is 10.5. The Balaban J connectivity index is 2.23. The molecular weight excluding hydrogens is 248 g/mol. The van der Waals surface area contributed by atoms with E-state index >= 15 is 0 Å². The van der Waals surface area contributed by atoms with Gasteiger partial charge in [0.15, 0.2) is 5.75 Å². The van der Waals surface area contributed by atoms with E-state index in [1.54, 1.807) is 32.9 Å². The van der Waals surface area contributed by atoms with E-state index in [-0.39, 0.29) is 18.0 Å². The SMILES string of the molecule is Cc1ccc(OCc2c(C)noc2C)c([N+](=O)[O-])c1. The van der Waals surface area contributed by atoms with Crippen LogP contribution in [0.25, 0.3) is 0 Å². The number of nitrogens with zero attached hydrogens (tertiary/aromatic N) is 2. The summed E-state index contributed by atoms with van der Waals surface area (Å²) in [5, 5.41) is 14.8. The first-order valence-electron chi connectivity index (χ1n) is 5.78. The summed E-state index contributed by atoms with van der Waals surface area (Å²) in [6.07, 6.45) is 0. The minimum atomic E-state index is -0.449. The average molecular weight is 262 g/mol. The number of hydrogen-bond donors (Lipinski definition) is 0. The van der Waals surface area contributed by atoms with Gasteiger partial charge in [0.05, 0.1) is 16.2 Å². The molecule has 100 valence electrons. The summed E-state index contributed by atoms with van der Waals surface area (Å²) >= 11 is 0. The van der Waals surface area contributed by atoms with Crippen molar-refractivity contribution in [1.82, 2.24) is 5.16 Å². The second kappa shape index (κ2) is 5.09. The van der Waals surface area contributed by atoms with Crippen LogP contribution in [0, 0.1) is 30.9 Å². The van der Waals surface area contributed by atoms with Crippen molar-refractivity contribution in [3.63, 3.8) is 0 Å². The molecule has 2 rings (SSSR count). The van der Waals surface area contributed by atoms with Gasteiger partial charge in [-0.25, -0.2) is 0 Å². The summed E-state index contributed by atoms with van der Waals surface area (Å²) in [5.74, 6) is 0.905. The van der Waals surface area contributed by atoms with E-state index in [0.717, 1.165) is 16.8 Å². The van der Waals surface area contributed by atoms with Gasteiger partial charge >= 0.3 is 5.69 Å². The zero-order valence-electron chi connectivity index (χ0n) is 11.0. The summed E-state index contributed by atoms with van der Waals surface area (Å²) in [7, 11) is 0. The van der Waals surface area contributed by atoms with Gasteiger partial charge in [-0.05, 0) is 32.4 Å². The molecule has 1 heterocycles. The summed E-state index contributed by atoms with van der Waals surface area (Å²) in [5.41, 5.74) is 2.32. The van der Waals surface area contributed by atoms with E-state index in [2.05, 4.69) is 5.16 Å². The maximum Gasteiger partial charge on any atom is 0.311 e. The standard InChI is InChI=1S/C13H14N2O4/c1-8-4-5-13(12(6-8)15(16)17)18-7-11-9(2)14-19-10(11)3/h4-6H,7H2,1-3H3. The van der Waals surface area contributed by atoms with E-state index in [4.69, 9.17) is 9.26 Å². The lowest BCUT2D eigenvalue weighted by Gasteiger charge is -2.07. The third kappa shape index (κ3) is 2.73. The zero-order chi connectivity index (χ0) is 14.0. The van der Waals surface area contributed by atoms with Crippen LogP contribution in [0.3, 0.4) is 0 Å². The molecule has 0 saturated heterocycles. The van der Waals surface area contributed by atoms with Crippen LogP contribution in [0.5, 0.6) is 5.75 Å². The first-order valence-corrected chi connectivity index (χ1v) is 5.78. The second-order valence-corrected chi connectivity index (χ2v) is 4.32. The van der Waals surface area contributed by atoms with E-state index in [9.17, 15) is 10.1 Å². The van der Waals surface area contributed by atoms with Crippen LogP contribution in [0.1, 0.15) is 22.6 Å². The largest absolute Gasteiger partial charge is 0.482 e. The predicted octanol–water partition coefficient (Wildman–Crippen LogP) is 3.09. The first-order chi connectivity index (χ1) is 8.99. The number of aryl methyl sites for hydroxylation is 3. The van der Waals surface area contributed by atoms with Crippen molar-refractivity contribution in [3.8, 4) is 5.75 Å². The molecule has 0 fully saturated rings. The zero-order valence-corrected chi connectivity index (χ0v) is 11.0. The third-order valence-electron chi connectivity index (χ3n) is 2.86. The molecule has 1 aromatic heterocycles. The molecule has 0 aliphatic carbocycles. The highest BCUT2D eigenvalue weighted by Crippen LogP contribution is 2.29. The van der Waals surface area contributed by atoms with Crippen molar-refractivity contribution in [3.05, 3.63) is 50.9 Å². The van der Waals surface area contributed by atoms with Gasteiger partial charge in [0.1, 0.15) is 12.4 Å². The third-order valence-corrected chi connectivity index (χ3v) is 2.86. The van der Waals surface area contributed by atoms with Gasteiger partial charge in [0.25, 0.3) is 0 Å². The van der Waals surface area contributed by atoms with Crippen LogP contribution in [-0.4, -0.2) is 10.1 Å². The fourth-order valence-corrected chi connectivity index (χ4v) is 1.75. The molecule has 0 unspecified atom stereocenters. The van der Waals surface area contributed by atoms with Gasteiger partial charge in [0, 0.05) is 6.07 Å². The van der Waals surface area contributed by atoms with Crippen LogP contribution >= 0.6 is 0 Å². The van der Waals surface area contributed by atoms with Gasteiger partial charge in [0.2, 0.25) is 0 Å². The number of benzene rings is 1. The molecule has 0 aliphatic rings. The van der Waals surface area contributed by atoms with Crippen molar-refractivity contribution in [1.29, 1.82) is 0 Å². The highest BCUT2D eigenvalue weighted by atomic mass is 16.6. The molecule has 0 saturated carbocycles. The van der Waals surface area contributed by atoms with Crippen molar-refractivity contribution < 1.29 is 14.2 Å². The first kappa shape index (κ1) is 13.1. The molecule has 0 aliphatic heterocycles. The molecule has 0 spiro atoms. The molecule has 6 heteroatoms. The maximum atomic E-state index is 11.0. The topological polar surface area (TPSA) is 78.4 Å². The minimum Gasteiger partial charge on any atom is -0.482 e. The normalized spacial score (nSPS) is 10.5. The lowest BCUT2D eigenvalue weighted by molar-refractivity contribution is -0.386. The van der Waals surface area contributed by atoms with E-state index < -0.39 is 4.92 Å². The fraction of sp³-hybridized carbons (Fsp3) is 0.308. The monoisotopic (exact) mass is 262 g/mol. The fourth-order valence-electron chi connectivity index (χ4n) is 1.75.